The van der Waals surface area contributed by atoms with Gasteiger partial charge in [0.2, 0.25) is 5.91 Å². The molecule has 0 N–H and O–H groups in total. The van der Waals surface area contributed by atoms with Gasteiger partial charge < -0.3 is 0 Å². The van der Waals surface area contributed by atoms with Gasteiger partial charge in [0, 0.05) is 13.6 Å². The van der Waals surface area contributed by atoms with Crippen LogP contribution in [0.15, 0.2) is 60.7 Å². The first kappa shape index (κ1) is 15.1. The number of likely N-dealkylation sites (tertiary alicyclic amines) is 1. The van der Waals surface area contributed by atoms with Gasteiger partial charge in [-0.1, -0.05) is 60.7 Å². The highest BCUT2D eigenvalue weighted by molar-refractivity contribution is 6.07. The van der Waals surface area contributed by atoms with E-state index in [1.54, 1.807) is 5.06 Å². The molecule has 2 saturated heterocycles. The normalized spacial score (nSPS) is 26.9. The van der Waals surface area contributed by atoms with Crippen LogP contribution in [0, 0.1) is 5.92 Å². The number of hydrogen-bond donors (Lipinski definition) is 0. The number of nitrogens with zero attached hydrogens (tertiary/aromatic N) is 2. The maximum absolute atomic E-state index is 12.6. The second-order valence-electron chi connectivity index (χ2n) is 6.20. The molecule has 0 spiro atoms. The van der Waals surface area contributed by atoms with Gasteiger partial charge in [0.15, 0.2) is 6.10 Å². The summed E-state index contributed by atoms with van der Waals surface area (Å²) in [5.74, 6) is -0.926. The first-order valence-corrected chi connectivity index (χ1v) is 8.00. The lowest BCUT2D eigenvalue weighted by Crippen LogP contribution is -2.34. The van der Waals surface area contributed by atoms with Crippen LogP contribution in [0.2, 0.25) is 0 Å². The Morgan fingerprint density at radius 3 is 2.21 bits per heavy atom. The number of fused-ring (bicyclic) bond motifs is 1. The Hall–Kier alpha value is -2.50. The van der Waals surface area contributed by atoms with Crippen molar-refractivity contribution in [1.29, 1.82) is 0 Å². The van der Waals surface area contributed by atoms with Crippen molar-refractivity contribution >= 4 is 11.8 Å². The topological polar surface area (TPSA) is 49.9 Å². The lowest BCUT2D eigenvalue weighted by molar-refractivity contribution is -0.183. The summed E-state index contributed by atoms with van der Waals surface area (Å²) in [5, 5.41) is 1.78. The first-order valence-electron chi connectivity index (χ1n) is 8.00. The molecule has 0 aromatic heterocycles. The molecule has 0 aliphatic carbocycles. The van der Waals surface area contributed by atoms with Crippen molar-refractivity contribution in [2.75, 3.05) is 7.05 Å². The summed E-state index contributed by atoms with van der Waals surface area (Å²) in [4.78, 5) is 32.0. The third-order valence-corrected chi connectivity index (χ3v) is 4.74. The van der Waals surface area contributed by atoms with Crippen LogP contribution >= 0.6 is 0 Å². The van der Waals surface area contributed by atoms with E-state index in [9.17, 15) is 9.59 Å². The number of benzene rings is 2. The van der Waals surface area contributed by atoms with Crippen molar-refractivity contribution in [2.45, 2.75) is 18.7 Å². The average Bonchev–Trinajstić information content (AvgIpc) is 3.08. The van der Waals surface area contributed by atoms with Crippen LogP contribution < -0.4 is 0 Å². The van der Waals surface area contributed by atoms with Crippen molar-refractivity contribution in [1.82, 2.24) is 9.96 Å². The number of likely N-dealkylation sites (N-methyl/N-ethyl adjacent to an activating group) is 1. The van der Waals surface area contributed by atoms with Gasteiger partial charge in [0.1, 0.15) is 0 Å². The molecular weight excluding hydrogens is 304 g/mol. The van der Waals surface area contributed by atoms with Crippen LogP contribution in [0.25, 0.3) is 0 Å². The Bertz CT molecular complexity index is 763. The fourth-order valence-electron chi connectivity index (χ4n) is 3.53. The van der Waals surface area contributed by atoms with Gasteiger partial charge in [0.25, 0.3) is 5.91 Å². The van der Waals surface area contributed by atoms with Crippen molar-refractivity contribution < 1.29 is 14.4 Å². The minimum atomic E-state index is -0.726. The Balaban J connectivity index is 1.71. The lowest BCUT2D eigenvalue weighted by atomic mass is 9.90. The number of rotatable bonds is 3. The quantitative estimate of drug-likeness (QED) is 0.813. The van der Waals surface area contributed by atoms with E-state index in [1.165, 1.54) is 11.9 Å². The van der Waals surface area contributed by atoms with Crippen LogP contribution in [0.5, 0.6) is 0 Å². The van der Waals surface area contributed by atoms with Crippen molar-refractivity contribution in [2.24, 2.45) is 5.92 Å². The standard InChI is InChI=1S/C19H18N2O3/c1-20-18(22)15-16(14-10-6-3-7-11-14)21(24-17(15)19(20)23)12-13-8-4-2-5-9-13/h2-11,15-17H,12H2,1H3. The molecule has 2 aromatic rings. The Labute approximate surface area is 140 Å². The smallest absolute Gasteiger partial charge is 0.261 e. The number of amides is 2. The van der Waals surface area contributed by atoms with Gasteiger partial charge in [-0.3, -0.25) is 19.3 Å². The molecule has 2 aliphatic rings. The molecule has 4 rings (SSSR count). The maximum atomic E-state index is 12.6. The lowest BCUT2D eigenvalue weighted by Gasteiger charge is -2.26. The molecule has 0 radical (unpaired) electrons. The van der Waals surface area contributed by atoms with Gasteiger partial charge in [0.05, 0.1) is 12.0 Å². The molecule has 3 unspecified atom stereocenters. The summed E-state index contributed by atoms with van der Waals surface area (Å²) >= 11 is 0. The molecule has 5 nitrogen and oxygen atoms in total. The number of hydrogen-bond acceptors (Lipinski definition) is 4. The molecular formula is C19H18N2O3. The van der Waals surface area contributed by atoms with Crippen LogP contribution in [0.3, 0.4) is 0 Å². The molecule has 2 heterocycles. The fourth-order valence-corrected chi connectivity index (χ4v) is 3.53. The van der Waals surface area contributed by atoms with Crippen LogP contribution in [0.1, 0.15) is 17.2 Å². The molecule has 2 fully saturated rings. The summed E-state index contributed by atoms with van der Waals surface area (Å²) in [6, 6.07) is 19.4. The molecule has 5 heteroatoms. The number of carbonyl (C=O) groups is 2. The minimum absolute atomic E-state index is 0.172. The zero-order valence-electron chi connectivity index (χ0n) is 13.3. The van der Waals surface area contributed by atoms with E-state index in [0.717, 1.165) is 11.1 Å². The van der Waals surface area contributed by atoms with Crippen LogP contribution in [0.4, 0.5) is 0 Å². The zero-order chi connectivity index (χ0) is 16.7. The SMILES string of the molecule is CN1C(=O)C2ON(Cc3ccccc3)C(c3ccccc3)C2C1=O. The van der Waals surface area contributed by atoms with Gasteiger partial charge in [-0.25, -0.2) is 0 Å². The molecule has 2 amide bonds. The van der Waals surface area contributed by atoms with E-state index in [4.69, 9.17) is 4.84 Å². The minimum Gasteiger partial charge on any atom is -0.284 e. The molecule has 2 aromatic carbocycles. The van der Waals surface area contributed by atoms with Gasteiger partial charge in [-0.2, -0.15) is 5.06 Å². The van der Waals surface area contributed by atoms with E-state index in [1.807, 2.05) is 60.7 Å². The Morgan fingerprint density at radius 1 is 0.917 bits per heavy atom. The molecule has 24 heavy (non-hydrogen) atoms. The number of hydroxylamine groups is 2. The highest BCUT2D eigenvalue weighted by atomic mass is 16.7. The van der Waals surface area contributed by atoms with E-state index >= 15 is 0 Å². The molecule has 2 aliphatic heterocycles. The molecule has 122 valence electrons. The average molecular weight is 322 g/mol. The third kappa shape index (κ3) is 2.33. The Morgan fingerprint density at radius 2 is 1.54 bits per heavy atom. The first-order chi connectivity index (χ1) is 11.7. The van der Waals surface area contributed by atoms with E-state index in [2.05, 4.69) is 0 Å². The van der Waals surface area contributed by atoms with Gasteiger partial charge >= 0.3 is 0 Å². The van der Waals surface area contributed by atoms with Crippen molar-refractivity contribution in [3.63, 3.8) is 0 Å². The summed E-state index contributed by atoms with van der Waals surface area (Å²) in [7, 11) is 1.52. The molecule has 3 atom stereocenters. The summed E-state index contributed by atoms with van der Waals surface area (Å²) < 4.78 is 0. The monoisotopic (exact) mass is 322 g/mol. The largest absolute Gasteiger partial charge is 0.284 e. The van der Waals surface area contributed by atoms with Crippen molar-refractivity contribution in [3.8, 4) is 0 Å². The summed E-state index contributed by atoms with van der Waals surface area (Å²) in [6.07, 6.45) is -0.726. The van der Waals surface area contributed by atoms with Crippen LogP contribution in [-0.4, -0.2) is 34.9 Å². The van der Waals surface area contributed by atoms with Crippen molar-refractivity contribution in [3.05, 3.63) is 71.8 Å². The van der Waals surface area contributed by atoms with Gasteiger partial charge in [-0.15, -0.1) is 0 Å². The highest BCUT2D eigenvalue weighted by Crippen LogP contribution is 2.44. The van der Waals surface area contributed by atoms with E-state index < -0.39 is 12.0 Å². The molecule has 0 bridgehead atoms. The maximum Gasteiger partial charge on any atom is 0.261 e. The predicted molar refractivity (Wildman–Crippen MR) is 87.3 cm³/mol. The number of imide groups is 1. The van der Waals surface area contributed by atoms with Crippen LogP contribution in [-0.2, 0) is 21.0 Å². The predicted octanol–water partition coefficient (Wildman–Crippen LogP) is 2.16. The second kappa shape index (κ2) is 5.85. The number of carbonyl (C=O) groups excluding carboxylic acids is 2. The summed E-state index contributed by atoms with van der Waals surface area (Å²) in [6.45, 7) is 0.525. The molecule has 0 saturated carbocycles. The van der Waals surface area contributed by atoms with E-state index in [-0.39, 0.29) is 17.9 Å². The second-order valence-corrected chi connectivity index (χ2v) is 6.20. The zero-order valence-corrected chi connectivity index (χ0v) is 13.3. The Kier molecular flexibility index (Phi) is 3.67. The highest BCUT2D eigenvalue weighted by Gasteiger charge is 2.58. The third-order valence-electron chi connectivity index (χ3n) is 4.74. The van der Waals surface area contributed by atoms with Gasteiger partial charge in [-0.05, 0) is 11.1 Å². The fraction of sp³-hybridized carbons (Fsp3) is 0.263. The summed E-state index contributed by atoms with van der Waals surface area (Å²) in [5.41, 5.74) is 2.06. The van der Waals surface area contributed by atoms with E-state index in [0.29, 0.717) is 6.54 Å².